The molecule has 1 saturated carbocycles. The van der Waals surface area contributed by atoms with Crippen molar-refractivity contribution >= 4 is 46.3 Å². The van der Waals surface area contributed by atoms with Crippen molar-refractivity contribution in [1.29, 1.82) is 10.5 Å². The van der Waals surface area contributed by atoms with Gasteiger partial charge in [0.25, 0.3) is 0 Å². The molecule has 1 aromatic carbocycles. The number of fused-ring (bicyclic) bond motifs is 1. The maximum atomic E-state index is 12.7. The van der Waals surface area contributed by atoms with Gasteiger partial charge in [0.15, 0.2) is 17.2 Å². The Morgan fingerprint density at radius 3 is 2.67 bits per heavy atom. The number of carbonyl (C=O) groups is 1. The second kappa shape index (κ2) is 10.7. The van der Waals surface area contributed by atoms with Crippen molar-refractivity contribution in [2.75, 3.05) is 41.7 Å². The molecule has 1 saturated heterocycles. The number of aryl methyl sites for hydroxylation is 1. The van der Waals surface area contributed by atoms with Crippen molar-refractivity contribution in [2.45, 2.75) is 31.8 Å². The summed E-state index contributed by atoms with van der Waals surface area (Å²) in [6, 6.07) is 7.99. The minimum absolute atomic E-state index is 0.0898. The number of rotatable bonds is 8. The summed E-state index contributed by atoms with van der Waals surface area (Å²) in [5, 5.41) is 30.6. The minimum Gasteiger partial charge on any atom is -0.367 e. The summed E-state index contributed by atoms with van der Waals surface area (Å²) in [5.74, 6) is 0.816. The summed E-state index contributed by atoms with van der Waals surface area (Å²) < 4.78 is 3.32. The molecule has 6 rings (SSSR count). The zero-order valence-corrected chi connectivity index (χ0v) is 22.2. The lowest BCUT2D eigenvalue weighted by Crippen LogP contribution is -2.49. The van der Waals surface area contributed by atoms with E-state index in [2.05, 4.69) is 47.7 Å². The Hall–Kier alpha value is -4.88. The molecule has 0 radical (unpaired) electrons. The summed E-state index contributed by atoms with van der Waals surface area (Å²) in [6.07, 6.45) is 9.16. The van der Waals surface area contributed by atoms with Crippen LogP contribution in [0.1, 0.15) is 30.5 Å². The first kappa shape index (κ1) is 25.4. The van der Waals surface area contributed by atoms with E-state index in [0.717, 1.165) is 12.8 Å². The number of nitrogens with one attached hydrogen (secondary N) is 2. The van der Waals surface area contributed by atoms with Crippen LogP contribution in [0.3, 0.4) is 0 Å². The smallest absolute Gasteiger partial charge is 0.247 e. The lowest BCUT2D eigenvalue weighted by molar-refractivity contribution is -0.131. The molecular formula is C26H25ClN12O. The SMILES string of the molecule is N#Cc1cc(Nc2nc(NC3CC3)c3ncc(C#N)n3n2)c(Cl)c(N2CCN(C(=O)CCn3ccnc3)CC2)c1. The number of hydrogen-bond acceptors (Lipinski definition) is 10. The average molecular weight is 557 g/mol. The van der Waals surface area contributed by atoms with E-state index in [1.54, 1.807) is 24.7 Å². The molecule has 1 aliphatic carbocycles. The fourth-order valence-corrected chi connectivity index (χ4v) is 4.92. The van der Waals surface area contributed by atoms with E-state index in [0.29, 0.717) is 78.6 Å². The second-order valence-electron chi connectivity index (χ2n) is 9.71. The predicted octanol–water partition coefficient (Wildman–Crippen LogP) is 2.77. The molecule has 3 aromatic heterocycles. The Balaban J connectivity index is 1.21. The molecule has 202 valence electrons. The highest BCUT2D eigenvalue weighted by Crippen LogP contribution is 2.36. The summed E-state index contributed by atoms with van der Waals surface area (Å²) in [5.41, 5.74) is 2.30. The molecular weight excluding hydrogens is 532 g/mol. The Morgan fingerprint density at radius 2 is 1.98 bits per heavy atom. The van der Waals surface area contributed by atoms with Crippen molar-refractivity contribution < 1.29 is 4.79 Å². The molecule has 0 spiro atoms. The average Bonchev–Trinajstić information content (AvgIpc) is 3.45. The first-order valence-corrected chi connectivity index (χ1v) is 13.3. The molecule has 4 heterocycles. The molecule has 2 aliphatic rings. The molecule has 40 heavy (non-hydrogen) atoms. The third-order valence-corrected chi connectivity index (χ3v) is 7.34. The monoisotopic (exact) mass is 556 g/mol. The number of imidazole rings is 2. The number of amides is 1. The quantitative estimate of drug-likeness (QED) is 0.331. The van der Waals surface area contributed by atoms with Gasteiger partial charge in [-0.25, -0.2) is 9.97 Å². The summed E-state index contributed by atoms with van der Waals surface area (Å²) in [7, 11) is 0. The molecule has 1 aliphatic heterocycles. The van der Waals surface area contributed by atoms with Crippen LogP contribution in [-0.2, 0) is 11.3 Å². The van der Waals surface area contributed by atoms with Gasteiger partial charge in [0.2, 0.25) is 11.9 Å². The van der Waals surface area contributed by atoms with E-state index in [1.807, 2.05) is 15.7 Å². The third kappa shape index (κ3) is 5.19. The van der Waals surface area contributed by atoms with Crippen molar-refractivity contribution in [1.82, 2.24) is 34.0 Å². The van der Waals surface area contributed by atoms with Gasteiger partial charge in [0.05, 0.1) is 40.6 Å². The molecule has 13 nitrogen and oxygen atoms in total. The molecule has 14 heteroatoms. The molecule has 0 bridgehead atoms. The molecule has 0 unspecified atom stereocenters. The second-order valence-corrected chi connectivity index (χ2v) is 10.1. The van der Waals surface area contributed by atoms with E-state index >= 15 is 0 Å². The van der Waals surface area contributed by atoms with Crippen LogP contribution in [-0.4, -0.2) is 72.2 Å². The fraction of sp³-hybridized carbons (Fsp3) is 0.346. The van der Waals surface area contributed by atoms with Crippen molar-refractivity contribution in [3.8, 4) is 12.1 Å². The Morgan fingerprint density at radius 1 is 1.15 bits per heavy atom. The van der Waals surface area contributed by atoms with Crippen LogP contribution in [0.25, 0.3) is 5.65 Å². The summed E-state index contributed by atoms with van der Waals surface area (Å²) in [6.45, 7) is 2.83. The lowest BCUT2D eigenvalue weighted by atomic mass is 10.1. The molecule has 2 N–H and O–H groups in total. The van der Waals surface area contributed by atoms with E-state index < -0.39 is 0 Å². The van der Waals surface area contributed by atoms with E-state index in [9.17, 15) is 15.3 Å². The van der Waals surface area contributed by atoms with Crippen molar-refractivity contribution in [3.63, 3.8) is 0 Å². The van der Waals surface area contributed by atoms with Gasteiger partial charge in [-0.15, -0.1) is 5.10 Å². The Bertz CT molecular complexity index is 1640. The van der Waals surface area contributed by atoms with Crippen LogP contribution in [0.4, 0.5) is 23.1 Å². The first-order chi connectivity index (χ1) is 19.5. The number of anilines is 4. The van der Waals surface area contributed by atoms with Gasteiger partial charge in [0.1, 0.15) is 6.07 Å². The number of aromatic nitrogens is 6. The topological polar surface area (TPSA) is 156 Å². The van der Waals surface area contributed by atoms with Gasteiger partial charge in [-0.2, -0.15) is 20.0 Å². The number of carbonyl (C=O) groups excluding carboxylic acids is 1. The van der Waals surface area contributed by atoms with Crippen LogP contribution >= 0.6 is 11.6 Å². The minimum atomic E-state index is 0.0898. The largest absolute Gasteiger partial charge is 0.367 e. The van der Waals surface area contributed by atoms with Gasteiger partial charge in [-0.3, -0.25) is 4.79 Å². The van der Waals surface area contributed by atoms with Crippen LogP contribution in [0.15, 0.2) is 37.1 Å². The number of nitriles is 2. The van der Waals surface area contributed by atoms with E-state index in [-0.39, 0.29) is 17.5 Å². The first-order valence-electron chi connectivity index (χ1n) is 12.9. The van der Waals surface area contributed by atoms with Gasteiger partial charge in [-0.05, 0) is 25.0 Å². The van der Waals surface area contributed by atoms with Crippen LogP contribution < -0.4 is 15.5 Å². The summed E-state index contributed by atoms with van der Waals surface area (Å²) >= 11 is 6.87. The standard InChI is InChI=1S/C26H25ClN12O/c27-23-20(33-26-34-24(32-18-1-2-18)25-31-15-19(14-29)39(25)35-26)11-17(13-28)12-21(23)37-7-9-38(10-8-37)22(40)3-5-36-6-4-30-16-36/h4,6,11-12,15-16,18H,1-3,5,7-10H2,(H2,32,33,34,35). The molecule has 4 aromatic rings. The number of nitrogens with zero attached hydrogens (tertiary/aromatic N) is 10. The predicted molar refractivity (Wildman–Crippen MR) is 147 cm³/mol. The van der Waals surface area contributed by atoms with Crippen LogP contribution in [0, 0.1) is 22.7 Å². The Labute approximate surface area is 234 Å². The van der Waals surface area contributed by atoms with Crippen LogP contribution in [0.2, 0.25) is 5.02 Å². The van der Waals surface area contributed by atoms with Gasteiger partial charge >= 0.3 is 0 Å². The number of benzene rings is 1. The zero-order chi connectivity index (χ0) is 27.6. The van der Waals surface area contributed by atoms with Gasteiger partial charge < -0.3 is 25.0 Å². The fourth-order valence-electron chi connectivity index (χ4n) is 4.64. The number of hydrogen-bond donors (Lipinski definition) is 2. The summed E-state index contributed by atoms with van der Waals surface area (Å²) in [4.78, 5) is 29.6. The van der Waals surface area contributed by atoms with E-state index in [1.165, 1.54) is 10.7 Å². The highest BCUT2D eigenvalue weighted by Gasteiger charge is 2.26. The lowest BCUT2D eigenvalue weighted by Gasteiger charge is -2.37. The Kier molecular flexibility index (Phi) is 6.80. The van der Waals surface area contributed by atoms with E-state index in [4.69, 9.17) is 11.6 Å². The highest BCUT2D eigenvalue weighted by atomic mass is 35.5. The van der Waals surface area contributed by atoms with Gasteiger partial charge in [0, 0.05) is 57.6 Å². The molecule has 0 atom stereocenters. The normalized spacial score (nSPS) is 15.1. The number of halogens is 1. The maximum absolute atomic E-state index is 12.7. The van der Waals surface area contributed by atoms with Crippen molar-refractivity contribution in [2.24, 2.45) is 0 Å². The van der Waals surface area contributed by atoms with Gasteiger partial charge in [-0.1, -0.05) is 11.6 Å². The highest BCUT2D eigenvalue weighted by molar-refractivity contribution is 6.36. The van der Waals surface area contributed by atoms with Crippen molar-refractivity contribution in [3.05, 3.63) is 53.3 Å². The zero-order valence-electron chi connectivity index (χ0n) is 21.5. The van der Waals surface area contributed by atoms with Crippen LogP contribution in [0.5, 0.6) is 0 Å². The molecule has 2 fully saturated rings. The number of piperazine rings is 1. The maximum Gasteiger partial charge on any atom is 0.247 e. The third-order valence-electron chi connectivity index (χ3n) is 6.94. The molecule has 1 amide bonds.